The van der Waals surface area contributed by atoms with Gasteiger partial charge >= 0.3 is 0 Å². The maximum absolute atomic E-state index is 12.3. The zero-order valence-corrected chi connectivity index (χ0v) is 13.4. The molecule has 112 valence electrons. The summed E-state index contributed by atoms with van der Waals surface area (Å²) in [6.07, 6.45) is 6.21. The summed E-state index contributed by atoms with van der Waals surface area (Å²) in [5.74, 6) is 0.790. The van der Waals surface area contributed by atoms with E-state index in [2.05, 4.69) is 29.5 Å². The molecule has 2 N–H and O–H groups in total. The lowest BCUT2D eigenvalue weighted by Gasteiger charge is -2.29. The van der Waals surface area contributed by atoms with Gasteiger partial charge in [-0.25, -0.2) is 4.98 Å². The molecule has 0 spiro atoms. The number of aryl methyl sites for hydroxylation is 1. The van der Waals surface area contributed by atoms with Crippen molar-refractivity contribution in [3.05, 3.63) is 16.1 Å². The van der Waals surface area contributed by atoms with E-state index in [1.807, 2.05) is 13.1 Å². The van der Waals surface area contributed by atoms with E-state index in [-0.39, 0.29) is 18.0 Å². The van der Waals surface area contributed by atoms with Gasteiger partial charge in [-0.3, -0.25) is 4.79 Å². The minimum absolute atomic E-state index is 0.00315. The average molecular weight is 295 g/mol. The molecule has 20 heavy (non-hydrogen) atoms. The third-order valence-corrected chi connectivity index (χ3v) is 5.38. The second-order valence-corrected chi connectivity index (χ2v) is 6.70. The van der Waals surface area contributed by atoms with Gasteiger partial charge in [0.05, 0.1) is 12.1 Å². The van der Waals surface area contributed by atoms with Gasteiger partial charge in [0.1, 0.15) is 5.01 Å². The summed E-state index contributed by atoms with van der Waals surface area (Å²) in [6, 6.07) is -0.0432. The normalized spacial score (nSPS) is 24.4. The van der Waals surface area contributed by atoms with Crippen LogP contribution in [0, 0.1) is 5.92 Å². The maximum Gasteiger partial charge on any atom is 0.237 e. The summed E-state index contributed by atoms with van der Waals surface area (Å²) in [7, 11) is 0. The van der Waals surface area contributed by atoms with E-state index < -0.39 is 0 Å². The van der Waals surface area contributed by atoms with Gasteiger partial charge in [-0.2, -0.15) is 0 Å². The van der Waals surface area contributed by atoms with Crippen LogP contribution in [0.5, 0.6) is 0 Å². The molecule has 1 fully saturated rings. The van der Waals surface area contributed by atoms with Gasteiger partial charge < -0.3 is 10.6 Å². The lowest BCUT2D eigenvalue weighted by Crippen LogP contribution is -2.49. The van der Waals surface area contributed by atoms with E-state index in [9.17, 15) is 4.79 Å². The van der Waals surface area contributed by atoms with E-state index in [1.54, 1.807) is 11.3 Å². The van der Waals surface area contributed by atoms with E-state index in [1.165, 1.54) is 11.3 Å². The zero-order chi connectivity index (χ0) is 14.5. The smallest absolute Gasteiger partial charge is 0.237 e. The highest BCUT2D eigenvalue weighted by molar-refractivity contribution is 7.11. The maximum atomic E-state index is 12.3. The standard InChI is InChI=1S/C15H25N3OS/c1-4-11-6-7-16-13(8-11)14(19)18-10(3)15-17-9-12(5-2)20-15/h9-11,13,16H,4-8H2,1-3H3,(H,18,19). The van der Waals surface area contributed by atoms with Crippen LogP contribution < -0.4 is 10.6 Å². The van der Waals surface area contributed by atoms with Gasteiger partial charge in [0.2, 0.25) is 5.91 Å². The first-order chi connectivity index (χ1) is 9.63. The number of carbonyl (C=O) groups excluding carboxylic acids is 1. The van der Waals surface area contributed by atoms with E-state index in [4.69, 9.17) is 0 Å². The Hall–Kier alpha value is -0.940. The van der Waals surface area contributed by atoms with Crippen LogP contribution >= 0.6 is 11.3 Å². The number of carbonyl (C=O) groups is 1. The summed E-state index contributed by atoms with van der Waals surface area (Å²) in [5.41, 5.74) is 0. The molecule has 0 saturated carbocycles. The van der Waals surface area contributed by atoms with Crippen molar-refractivity contribution in [1.29, 1.82) is 0 Å². The topological polar surface area (TPSA) is 54.0 Å². The molecular weight excluding hydrogens is 270 g/mol. The van der Waals surface area contributed by atoms with Crippen LogP contribution in [0.3, 0.4) is 0 Å². The molecule has 1 aliphatic heterocycles. The lowest BCUT2D eigenvalue weighted by atomic mass is 9.90. The number of nitrogens with one attached hydrogen (secondary N) is 2. The van der Waals surface area contributed by atoms with Crippen molar-refractivity contribution in [2.75, 3.05) is 6.54 Å². The van der Waals surface area contributed by atoms with E-state index >= 15 is 0 Å². The second kappa shape index (κ2) is 7.18. The van der Waals surface area contributed by atoms with Gasteiger partial charge in [-0.1, -0.05) is 20.3 Å². The molecule has 2 heterocycles. The van der Waals surface area contributed by atoms with Gasteiger partial charge in [0.25, 0.3) is 0 Å². The molecule has 3 unspecified atom stereocenters. The molecule has 1 saturated heterocycles. The first kappa shape index (κ1) is 15.4. The molecule has 2 rings (SSSR count). The number of hydrogen-bond acceptors (Lipinski definition) is 4. The molecule has 0 bridgehead atoms. The van der Waals surface area contributed by atoms with Crippen LogP contribution in [-0.4, -0.2) is 23.5 Å². The third kappa shape index (κ3) is 3.79. The molecular formula is C15H25N3OS. The largest absolute Gasteiger partial charge is 0.346 e. The minimum Gasteiger partial charge on any atom is -0.346 e. The SMILES string of the molecule is CCc1cnc(C(C)NC(=O)C2CC(CC)CCN2)s1. The molecule has 4 nitrogen and oxygen atoms in total. The Morgan fingerprint density at radius 3 is 3.05 bits per heavy atom. The highest BCUT2D eigenvalue weighted by Crippen LogP contribution is 2.22. The Kier molecular flexibility index (Phi) is 5.54. The van der Waals surface area contributed by atoms with E-state index in [0.717, 1.165) is 30.8 Å². The monoisotopic (exact) mass is 295 g/mol. The molecule has 1 aromatic heterocycles. The minimum atomic E-state index is -0.0400. The number of rotatable bonds is 5. The Morgan fingerprint density at radius 1 is 1.60 bits per heavy atom. The summed E-state index contributed by atoms with van der Waals surface area (Å²) < 4.78 is 0. The summed E-state index contributed by atoms with van der Waals surface area (Å²) in [4.78, 5) is 18.0. The van der Waals surface area contributed by atoms with Crippen LogP contribution in [0.2, 0.25) is 0 Å². The predicted molar refractivity (Wildman–Crippen MR) is 82.9 cm³/mol. The molecule has 1 amide bonds. The number of amides is 1. The lowest BCUT2D eigenvalue weighted by molar-refractivity contribution is -0.124. The van der Waals surface area contributed by atoms with Crippen molar-refractivity contribution < 1.29 is 4.79 Å². The molecule has 5 heteroatoms. The Labute approximate surface area is 125 Å². The number of thiazole rings is 1. The first-order valence-electron chi connectivity index (χ1n) is 7.62. The average Bonchev–Trinajstić information content (AvgIpc) is 2.96. The number of hydrogen-bond donors (Lipinski definition) is 2. The number of piperidine rings is 1. The van der Waals surface area contributed by atoms with Crippen LogP contribution in [0.1, 0.15) is 56.0 Å². The van der Waals surface area contributed by atoms with Crippen LogP contribution in [0.15, 0.2) is 6.20 Å². The fourth-order valence-corrected chi connectivity index (χ4v) is 3.49. The summed E-state index contributed by atoms with van der Waals surface area (Å²) >= 11 is 1.69. The fourth-order valence-electron chi connectivity index (χ4n) is 2.63. The Morgan fingerprint density at radius 2 is 2.40 bits per heavy atom. The van der Waals surface area contributed by atoms with Crippen molar-refractivity contribution in [2.45, 2.75) is 58.5 Å². The van der Waals surface area contributed by atoms with Crippen molar-refractivity contribution >= 4 is 17.2 Å². The molecule has 0 aliphatic carbocycles. The van der Waals surface area contributed by atoms with Crippen molar-refractivity contribution in [2.24, 2.45) is 5.92 Å². The molecule has 3 atom stereocenters. The first-order valence-corrected chi connectivity index (χ1v) is 8.44. The van der Waals surface area contributed by atoms with Crippen LogP contribution in [0.25, 0.3) is 0 Å². The molecule has 0 aromatic carbocycles. The highest BCUT2D eigenvalue weighted by atomic mass is 32.1. The molecule has 1 aromatic rings. The van der Waals surface area contributed by atoms with Gasteiger partial charge in [0, 0.05) is 11.1 Å². The summed E-state index contributed by atoms with van der Waals surface area (Å²) in [5, 5.41) is 7.42. The van der Waals surface area contributed by atoms with Crippen molar-refractivity contribution in [3.63, 3.8) is 0 Å². The number of nitrogens with zero attached hydrogens (tertiary/aromatic N) is 1. The van der Waals surface area contributed by atoms with Crippen LogP contribution in [-0.2, 0) is 11.2 Å². The van der Waals surface area contributed by atoms with Crippen LogP contribution in [0.4, 0.5) is 0 Å². The van der Waals surface area contributed by atoms with Crippen molar-refractivity contribution in [3.8, 4) is 0 Å². The molecule has 1 aliphatic rings. The summed E-state index contributed by atoms with van der Waals surface area (Å²) in [6.45, 7) is 7.28. The van der Waals surface area contributed by atoms with Gasteiger partial charge in [0.15, 0.2) is 0 Å². The van der Waals surface area contributed by atoms with Gasteiger partial charge in [-0.05, 0) is 38.6 Å². The number of aromatic nitrogens is 1. The van der Waals surface area contributed by atoms with E-state index in [0.29, 0.717) is 5.92 Å². The van der Waals surface area contributed by atoms with Crippen molar-refractivity contribution in [1.82, 2.24) is 15.6 Å². The quantitative estimate of drug-likeness (QED) is 0.878. The third-order valence-electron chi connectivity index (χ3n) is 4.06. The zero-order valence-electron chi connectivity index (χ0n) is 12.6. The highest BCUT2D eigenvalue weighted by Gasteiger charge is 2.27. The fraction of sp³-hybridized carbons (Fsp3) is 0.733. The van der Waals surface area contributed by atoms with Gasteiger partial charge in [-0.15, -0.1) is 11.3 Å². The Balaban J connectivity index is 1.90. The Bertz CT molecular complexity index is 446. The molecule has 0 radical (unpaired) electrons. The predicted octanol–water partition coefficient (Wildman–Crippen LogP) is 2.66. The second-order valence-electron chi connectivity index (χ2n) is 5.55.